The Hall–Kier alpha value is -1.36. The monoisotopic (exact) mass is 288 g/mol. The molecule has 1 saturated carbocycles. The number of imidazole rings is 1. The van der Waals surface area contributed by atoms with Gasteiger partial charge in [-0.1, -0.05) is 0 Å². The van der Waals surface area contributed by atoms with Crippen LogP contribution in [0, 0.1) is 0 Å². The van der Waals surface area contributed by atoms with Crippen LogP contribution < -0.4 is 5.32 Å². The Bertz CT molecular complexity index is 548. The van der Waals surface area contributed by atoms with E-state index in [1.807, 2.05) is 6.33 Å². The van der Waals surface area contributed by atoms with Gasteiger partial charge in [-0.05, 0) is 45.1 Å². The summed E-state index contributed by atoms with van der Waals surface area (Å²) in [6.07, 6.45) is 8.92. The van der Waals surface area contributed by atoms with Crippen LogP contribution in [0.15, 0.2) is 6.33 Å². The summed E-state index contributed by atoms with van der Waals surface area (Å²) >= 11 is 0. The minimum Gasteiger partial charge on any atom is -0.352 e. The quantitative estimate of drug-likeness (QED) is 0.909. The van der Waals surface area contributed by atoms with Gasteiger partial charge >= 0.3 is 0 Å². The first-order valence-corrected chi connectivity index (χ1v) is 8.26. The van der Waals surface area contributed by atoms with E-state index in [4.69, 9.17) is 0 Å². The van der Waals surface area contributed by atoms with E-state index in [1.165, 1.54) is 24.2 Å². The maximum absolute atomic E-state index is 12.1. The minimum atomic E-state index is 0.213. The van der Waals surface area contributed by atoms with Crippen molar-refractivity contribution in [2.24, 2.45) is 7.05 Å². The molecule has 0 radical (unpaired) electrons. The number of nitrogens with one attached hydrogen (secondary N) is 1. The second kappa shape index (κ2) is 5.13. The Morgan fingerprint density at radius 1 is 1.38 bits per heavy atom. The van der Waals surface area contributed by atoms with Gasteiger partial charge in [0.05, 0.1) is 18.6 Å². The number of carbonyl (C=O) groups is 1. The zero-order valence-electron chi connectivity index (χ0n) is 12.7. The average molecular weight is 288 g/mol. The number of hydrogen-bond acceptors (Lipinski definition) is 3. The van der Waals surface area contributed by atoms with E-state index in [-0.39, 0.29) is 5.91 Å². The summed E-state index contributed by atoms with van der Waals surface area (Å²) in [5.74, 6) is 0.738. The molecule has 1 aromatic heterocycles. The number of rotatable bonds is 3. The van der Waals surface area contributed by atoms with Crippen LogP contribution in [0.5, 0.6) is 0 Å². The molecule has 0 aromatic carbocycles. The van der Waals surface area contributed by atoms with Crippen LogP contribution in [0.3, 0.4) is 0 Å². The number of fused-ring (bicyclic) bond motifs is 3. The molecule has 2 fully saturated rings. The molecule has 5 nitrogen and oxygen atoms in total. The van der Waals surface area contributed by atoms with Crippen LogP contribution in [0.25, 0.3) is 0 Å². The Kier molecular flexibility index (Phi) is 3.25. The first-order chi connectivity index (χ1) is 10.2. The van der Waals surface area contributed by atoms with Crippen LogP contribution >= 0.6 is 0 Å². The number of amides is 1. The lowest BCUT2D eigenvalue weighted by atomic mass is 9.78. The van der Waals surface area contributed by atoms with Gasteiger partial charge in [0, 0.05) is 30.7 Å². The molecule has 0 bridgehead atoms. The van der Waals surface area contributed by atoms with Crippen LogP contribution in [-0.4, -0.2) is 45.5 Å². The fourth-order valence-electron chi connectivity index (χ4n) is 4.08. The van der Waals surface area contributed by atoms with E-state index in [2.05, 4.69) is 26.8 Å². The highest BCUT2D eigenvalue weighted by atomic mass is 16.2. The average Bonchev–Trinajstić information content (AvgIpc) is 3.20. The van der Waals surface area contributed by atoms with E-state index < -0.39 is 0 Å². The van der Waals surface area contributed by atoms with Crippen molar-refractivity contribution < 1.29 is 4.79 Å². The summed E-state index contributed by atoms with van der Waals surface area (Å²) in [7, 11) is 2.09. The molecule has 2 aliphatic carbocycles. The molecule has 1 aromatic rings. The van der Waals surface area contributed by atoms with Crippen LogP contribution in [-0.2, 0) is 18.3 Å². The summed E-state index contributed by atoms with van der Waals surface area (Å²) in [5, 5.41) is 3.12. The molecular formula is C16H24N4O. The molecule has 2 unspecified atom stereocenters. The van der Waals surface area contributed by atoms with E-state index in [9.17, 15) is 4.79 Å². The number of piperidine rings is 1. The summed E-state index contributed by atoms with van der Waals surface area (Å²) < 4.78 is 2.17. The first kappa shape index (κ1) is 13.3. The van der Waals surface area contributed by atoms with Crippen molar-refractivity contribution in [2.75, 3.05) is 13.1 Å². The van der Waals surface area contributed by atoms with Gasteiger partial charge in [-0.3, -0.25) is 9.69 Å². The van der Waals surface area contributed by atoms with Crippen molar-refractivity contribution in [2.45, 2.75) is 56.5 Å². The molecule has 3 aliphatic rings. The summed E-state index contributed by atoms with van der Waals surface area (Å²) in [5.41, 5.74) is 2.70. The predicted molar refractivity (Wildman–Crippen MR) is 80.0 cm³/mol. The van der Waals surface area contributed by atoms with E-state index in [0.717, 1.165) is 32.2 Å². The molecule has 21 heavy (non-hydrogen) atoms. The molecule has 5 heteroatoms. The van der Waals surface area contributed by atoms with Crippen LogP contribution in [0.4, 0.5) is 0 Å². The SMILES string of the molecule is Cn1cnc2c1CCC1C2CCCN1CC(=O)NC1CC1. The summed E-state index contributed by atoms with van der Waals surface area (Å²) in [6.45, 7) is 1.63. The number of aromatic nitrogens is 2. The molecule has 1 amide bonds. The fourth-order valence-corrected chi connectivity index (χ4v) is 4.08. The number of likely N-dealkylation sites (tertiary alicyclic amines) is 1. The van der Waals surface area contributed by atoms with Crippen molar-refractivity contribution in [3.8, 4) is 0 Å². The lowest BCUT2D eigenvalue weighted by Crippen LogP contribution is -2.50. The highest BCUT2D eigenvalue weighted by Crippen LogP contribution is 2.39. The number of nitrogens with zero attached hydrogens (tertiary/aromatic N) is 3. The second-order valence-corrected chi connectivity index (χ2v) is 6.85. The highest BCUT2D eigenvalue weighted by Gasteiger charge is 2.39. The van der Waals surface area contributed by atoms with Crippen molar-refractivity contribution in [1.29, 1.82) is 0 Å². The predicted octanol–water partition coefficient (Wildman–Crippen LogP) is 1.19. The van der Waals surface area contributed by atoms with Crippen molar-refractivity contribution in [3.05, 3.63) is 17.7 Å². The Morgan fingerprint density at radius 2 is 2.24 bits per heavy atom. The van der Waals surface area contributed by atoms with E-state index in [0.29, 0.717) is 24.5 Å². The Morgan fingerprint density at radius 3 is 3.05 bits per heavy atom. The number of carbonyl (C=O) groups excluding carboxylic acids is 1. The standard InChI is InChI=1S/C16H24N4O/c1-19-10-17-16-12-3-2-8-20(13(12)6-7-14(16)19)9-15(21)18-11-4-5-11/h10-13H,2-9H2,1H3,(H,18,21). The zero-order chi connectivity index (χ0) is 14.4. The van der Waals surface area contributed by atoms with Gasteiger partial charge in [0.1, 0.15) is 0 Å². The van der Waals surface area contributed by atoms with Crippen molar-refractivity contribution in [1.82, 2.24) is 19.8 Å². The smallest absolute Gasteiger partial charge is 0.234 e. The molecule has 0 spiro atoms. The lowest BCUT2D eigenvalue weighted by molar-refractivity contribution is -0.123. The molecule has 4 rings (SSSR count). The van der Waals surface area contributed by atoms with E-state index in [1.54, 1.807) is 0 Å². The van der Waals surface area contributed by atoms with Crippen LogP contribution in [0.2, 0.25) is 0 Å². The van der Waals surface area contributed by atoms with Gasteiger partial charge in [-0.15, -0.1) is 0 Å². The van der Waals surface area contributed by atoms with E-state index >= 15 is 0 Å². The maximum atomic E-state index is 12.1. The molecule has 1 aliphatic heterocycles. The topological polar surface area (TPSA) is 50.2 Å². The van der Waals surface area contributed by atoms with Crippen molar-refractivity contribution in [3.63, 3.8) is 0 Å². The summed E-state index contributed by atoms with van der Waals surface area (Å²) in [4.78, 5) is 19.2. The molecule has 2 atom stereocenters. The molecular weight excluding hydrogens is 264 g/mol. The number of hydrogen-bond donors (Lipinski definition) is 1. The molecule has 1 N–H and O–H groups in total. The van der Waals surface area contributed by atoms with Gasteiger partial charge in [0.25, 0.3) is 0 Å². The van der Waals surface area contributed by atoms with Gasteiger partial charge in [-0.25, -0.2) is 4.98 Å². The second-order valence-electron chi connectivity index (χ2n) is 6.85. The zero-order valence-corrected chi connectivity index (χ0v) is 12.7. The normalized spacial score (nSPS) is 28.8. The van der Waals surface area contributed by atoms with Gasteiger partial charge in [0.15, 0.2) is 0 Å². The maximum Gasteiger partial charge on any atom is 0.234 e. The fraction of sp³-hybridized carbons (Fsp3) is 0.750. The van der Waals surface area contributed by atoms with Gasteiger partial charge in [-0.2, -0.15) is 0 Å². The van der Waals surface area contributed by atoms with Crippen LogP contribution in [0.1, 0.15) is 49.4 Å². The highest BCUT2D eigenvalue weighted by molar-refractivity contribution is 5.78. The minimum absolute atomic E-state index is 0.213. The third kappa shape index (κ3) is 2.48. The van der Waals surface area contributed by atoms with Gasteiger partial charge < -0.3 is 9.88 Å². The van der Waals surface area contributed by atoms with Gasteiger partial charge in [0.2, 0.25) is 5.91 Å². The molecule has 114 valence electrons. The molecule has 1 saturated heterocycles. The van der Waals surface area contributed by atoms with Crippen molar-refractivity contribution >= 4 is 5.91 Å². The summed E-state index contributed by atoms with van der Waals surface area (Å²) in [6, 6.07) is 0.970. The lowest BCUT2D eigenvalue weighted by Gasteiger charge is -2.43. The largest absolute Gasteiger partial charge is 0.352 e. The number of aryl methyl sites for hydroxylation is 1. The third-order valence-electron chi connectivity index (χ3n) is 5.30. The first-order valence-electron chi connectivity index (χ1n) is 8.26. The molecule has 2 heterocycles. The third-order valence-corrected chi connectivity index (χ3v) is 5.30. The Labute approximate surface area is 125 Å². The Balaban J connectivity index is 1.48.